The van der Waals surface area contributed by atoms with Crippen molar-refractivity contribution in [2.24, 2.45) is 5.73 Å². The maximum atomic E-state index is 14.0. The number of pyridine rings is 1. The Hall–Kier alpha value is -2.90. The molecule has 0 atom stereocenters. The number of hydrogen-bond donors (Lipinski definition) is 1. The Labute approximate surface area is 134 Å². The van der Waals surface area contributed by atoms with Gasteiger partial charge in [0.15, 0.2) is 17.3 Å². The average Bonchev–Trinajstić information content (AvgIpc) is 2.93. The predicted molar refractivity (Wildman–Crippen MR) is 81.3 cm³/mol. The average molecular weight is 334 g/mol. The Morgan fingerprint density at radius 1 is 1.21 bits per heavy atom. The zero-order valence-electron chi connectivity index (χ0n) is 12.8. The highest BCUT2D eigenvalue weighted by molar-refractivity contribution is 5.99. The van der Waals surface area contributed by atoms with Crippen LogP contribution in [-0.2, 0) is 0 Å². The van der Waals surface area contributed by atoms with E-state index in [1.165, 1.54) is 12.4 Å². The number of halogens is 3. The van der Waals surface area contributed by atoms with Crippen molar-refractivity contribution in [2.75, 3.05) is 0 Å². The predicted octanol–water partition coefficient (Wildman–Crippen LogP) is 3.06. The maximum Gasteiger partial charge on any atom is 0.250 e. The lowest BCUT2D eigenvalue weighted by Crippen LogP contribution is -2.15. The summed E-state index contributed by atoms with van der Waals surface area (Å²) in [4.78, 5) is 15.7. The van der Waals surface area contributed by atoms with Crippen LogP contribution in [0.25, 0.3) is 16.7 Å². The molecule has 0 fully saturated rings. The Kier molecular flexibility index (Phi) is 3.75. The van der Waals surface area contributed by atoms with Gasteiger partial charge in [-0.15, -0.1) is 0 Å². The van der Waals surface area contributed by atoms with E-state index < -0.39 is 29.0 Å². The number of nitrogens with zero attached hydrogens (tertiary/aromatic N) is 3. The van der Waals surface area contributed by atoms with E-state index in [9.17, 15) is 18.0 Å². The quantitative estimate of drug-likeness (QED) is 0.748. The van der Waals surface area contributed by atoms with Crippen LogP contribution in [0, 0.1) is 17.5 Å². The minimum Gasteiger partial charge on any atom is -0.366 e. The van der Waals surface area contributed by atoms with Crippen molar-refractivity contribution in [3.8, 4) is 5.69 Å². The monoisotopic (exact) mass is 334 g/mol. The van der Waals surface area contributed by atoms with Crippen LogP contribution in [0.2, 0.25) is 0 Å². The molecule has 2 heterocycles. The minimum absolute atomic E-state index is 0.0928. The molecule has 0 unspecified atom stereocenters. The van der Waals surface area contributed by atoms with Gasteiger partial charge in [0.25, 0.3) is 5.91 Å². The second kappa shape index (κ2) is 5.63. The van der Waals surface area contributed by atoms with Crippen molar-refractivity contribution in [3.05, 3.63) is 53.1 Å². The number of carbonyl (C=O) groups is 1. The number of nitrogens with two attached hydrogens (primary N) is 1. The lowest BCUT2D eigenvalue weighted by Gasteiger charge is -2.12. The van der Waals surface area contributed by atoms with Gasteiger partial charge in [-0.25, -0.2) is 22.8 Å². The van der Waals surface area contributed by atoms with Crippen molar-refractivity contribution < 1.29 is 18.0 Å². The fourth-order valence-electron chi connectivity index (χ4n) is 2.69. The molecule has 0 saturated carbocycles. The van der Waals surface area contributed by atoms with Crippen LogP contribution in [0.1, 0.15) is 35.7 Å². The molecule has 5 nitrogen and oxygen atoms in total. The molecule has 0 radical (unpaired) electrons. The highest BCUT2D eigenvalue weighted by Gasteiger charge is 2.21. The molecular formula is C16H13F3N4O. The molecule has 1 aromatic carbocycles. The van der Waals surface area contributed by atoms with Crippen molar-refractivity contribution in [3.63, 3.8) is 0 Å². The third-order valence-electron chi connectivity index (χ3n) is 3.68. The molecule has 0 spiro atoms. The van der Waals surface area contributed by atoms with Crippen LogP contribution in [0.4, 0.5) is 13.2 Å². The Morgan fingerprint density at radius 3 is 2.54 bits per heavy atom. The van der Waals surface area contributed by atoms with Gasteiger partial charge in [0.05, 0.1) is 11.8 Å². The van der Waals surface area contributed by atoms with Crippen LogP contribution in [0.15, 0.2) is 24.5 Å². The molecule has 8 heteroatoms. The summed E-state index contributed by atoms with van der Waals surface area (Å²) in [6, 6.07) is 1.27. The number of rotatable bonds is 3. The lowest BCUT2D eigenvalue weighted by molar-refractivity contribution is 0.0999. The van der Waals surface area contributed by atoms with Crippen molar-refractivity contribution in [1.29, 1.82) is 0 Å². The smallest absolute Gasteiger partial charge is 0.250 e. The van der Waals surface area contributed by atoms with Crippen LogP contribution in [0.3, 0.4) is 0 Å². The number of fused-ring (bicyclic) bond motifs is 1. The molecule has 0 bridgehead atoms. The molecule has 0 aliphatic rings. The third-order valence-corrected chi connectivity index (χ3v) is 3.68. The first-order valence-corrected chi connectivity index (χ1v) is 7.12. The van der Waals surface area contributed by atoms with E-state index in [2.05, 4.69) is 10.1 Å². The van der Waals surface area contributed by atoms with Gasteiger partial charge < -0.3 is 5.73 Å². The van der Waals surface area contributed by atoms with E-state index in [0.717, 1.165) is 10.7 Å². The summed E-state index contributed by atoms with van der Waals surface area (Å²) >= 11 is 0. The molecule has 0 aliphatic carbocycles. The summed E-state index contributed by atoms with van der Waals surface area (Å²) in [5.74, 6) is -4.25. The van der Waals surface area contributed by atoms with Crippen LogP contribution in [-0.4, -0.2) is 20.7 Å². The molecule has 1 amide bonds. The van der Waals surface area contributed by atoms with Gasteiger partial charge in [0.2, 0.25) is 0 Å². The second-order valence-electron chi connectivity index (χ2n) is 5.62. The Bertz CT molecular complexity index is 966. The fraction of sp³-hybridized carbons (Fsp3) is 0.188. The summed E-state index contributed by atoms with van der Waals surface area (Å²) in [5, 5.41) is 4.44. The maximum absolute atomic E-state index is 14.0. The van der Waals surface area contributed by atoms with Gasteiger partial charge in [-0.05, 0) is 11.5 Å². The van der Waals surface area contributed by atoms with E-state index >= 15 is 0 Å². The number of aromatic nitrogens is 3. The molecule has 2 aromatic heterocycles. The van der Waals surface area contributed by atoms with Gasteiger partial charge in [0, 0.05) is 23.7 Å². The van der Waals surface area contributed by atoms with E-state index in [1.807, 2.05) is 13.8 Å². The Balaban J connectivity index is 2.34. The largest absolute Gasteiger partial charge is 0.366 e. The standard InChI is InChI=1S/C16H13F3N4O/c1-7(2)13-9(15(20)24)5-21-16-10(13)6-22-23(16)12-4-8(17)3-11(18)14(12)19/h3-7H,1-2H3,(H2,20,24). The lowest BCUT2D eigenvalue weighted by atomic mass is 9.96. The van der Waals surface area contributed by atoms with Crippen LogP contribution in [0.5, 0.6) is 0 Å². The summed E-state index contributed by atoms with van der Waals surface area (Å²) in [5.41, 5.74) is 5.95. The summed E-state index contributed by atoms with van der Waals surface area (Å²) in [6.45, 7) is 3.70. The van der Waals surface area contributed by atoms with Crippen molar-refractivity contribution in [1.82, 2.24) is 14.8 Å². The molecule has 24 heavy (non-hydrogen) atoms. The molecule has 2 N–H and O–H groups in total. The summed E-state index contributed by atoms with van der Waals surface area (Å²) in [6.07, 6.45) is 2.62. The molecule has 0 aliphatic heterocycles. The number of hydrogen-bond acceptors (Lipinski definition) is 3. The summed E-state index contributed by atoms with van der Waals surface area (Å²) < 4.78 is 41.9. The second-order valence-corrected chi connectivity index (χ2v) is 5.62. The minimum atomic E-state index is -1.33. The zero-order chi connectivity index (χ0) is 17.6. The van der Waals surface area contributed by atoms with Gasteiger partial charge in [-0.1, -0.05) is 13.8 Å². The number of carbonyl (C=O) groups excluding carboxylic acids is 1. The van der Waals surface area contributed by atoms with Gasteiger partial charge in [-0.3, -0.25) is 4.79 Å². The fourth-order valence-corrected chi connectivity index (χ4v) is 2.69. The van der Waals surface area contributed by atoms with E-state index in [0.29, 0.717) is 17.0 Å². The normalized spacial score (nSPS) is 11.4. The highest BCUT2D eigenvalue weighted by atomic mass is 19.2. The SMILES string of the molecule is CC(C)c1c(C(N)=O)cnc2c1cnn2-c1cc(F)cc(F)c1F. The first kappa shape index (κ1) is 16.0. The van der Waals surface area contributed by atoms with Crippen LogP contribution < -0.4 is 5.73 Å². The third kappa shape index (κ3) is 2.40. The molecule has 3 aromatic rings. The van der Waals surface area contributed by atoms with Gasteiger partial charge in [-0.2, -0.15) is 5.10 Å². The van der Waals surface area contributed by atoms with E-state index in [1.54, 1.807) is 0 Å². The zero-order valence-corrected chi connectivity index (χ0v) is 12.8. The molecule has 0 saturated heterocycles. The molecular weight excluding hydrogens is 321 g/mol. The van der Waals surface area contributed by atoms with Crippen molar-refractivity contribution in [2.45, 2.75) is 19.8 Å². The van der Waals surface area contributed by atoms with E-state index in [4.69, 9.17) is 5.73 Å². The van der Waals surface area contributed by atoms with Crippen molar-refractivity contribution >= 4 is 16.9 Å². The first-order valence-electron chi connectivity index (χ1n) is 7.12. The first-order chi connectivity index (χ1) is 11.3. The van der Waals surface area contributed by atoms with Gasteiger partial charge in [0.1, 0.15) is 11.5 Å². The van der Waals surface area contributed by atoms with Crippen LogP contribution >= 0.6 is 0 Å². The number of benzene rings is 1. The Morgan fingerprint density at radius 2 is 1.92 bits per heavy atom. The molecule has 124 valence electrons. The summed E-state index contributed by atoms with van der Waals surface area (Å²) in [7, 11) is 0. The molecule has 3 rings (SSSR count). The number of primary amides is 1. The highest BCUT2D eigenvalue weighted by Crippen LogP contribution is 2.29. The number of amides is 1. The van der Waals surface area contributed by atoms with Gasteiger partial charge >= 0.3 is 0 Å². The topological polar surface area (TPSA) is 73.8 Å². The van der Waals surface area contributed by atoms with E-state index in [-0.39, 0.29) is 17.1 Å².